The molecule has 0 rings (SSSR count). The predicted molar refractivity (Wildman–Crippen MR) is 81.7 cm³/mol. The zero-order chi connectivity index (χ0) is 16.8. The highest BCUT2D eigenvalue weighted by Gasteiger charge is 2.20. The third-order valence-electron chi connectivity index (χ3n) is 1.97. The third-order valence-corrected chi connectivity index (χ3v) is 1.97. The van der Waals surface area contributed by atoms with E-state index in [0.717, 1.165) is 0 Å². The molecular weight excluding hydrogens is 272 g/mol. The van der Waals surface area contributed by atoms with Crippen molar-refractivity contribution in [1.29, 1.82) is 0 Å². The number of carbonyl (C=O) groups excluding carboxylic acids is 3. The molecule has 0 unspecified atom stereocenters. The van der Waals surface area contributed by atoms with Crippen LogP contribution < -0.4 is 16.1 Å². The van der Waals surface area contributed by atoms with Gasteiger partial charge in [0.25, 0.3) is 0 Å². The molecule has 0 aromatic carbocycles. The summed E-state index contributed by atoms with van der Waals surface area (Å²) in [7, 11) is 0. The van der Waals surface area contributed by atoms with Crippen LogP contribution in [-0.2, 0) is 14.4 Å². The summed E-state index contributed by atoms with van der Waals surface area (Å²) in [6.45, 7) is 12.5. The topological polar surface area (TPSA) is 99.7 Å². The molecule has 0 aliphatic carbocycles. The summed E-state index contributed by atoms with van der Waals surface area (Å²) < 4.78 is 0. The number of hydrazone groups is 1. The lowest BCUT2D eigenvalue weighted by molar-refractivity contribution is -0.140. The standard InChI is InChI=1S/C14H26N4O3/c1-9(8-10(19)15-13(2,3)4)17-18-12(21)11(20)16-14(5,6)7/h8H2,1-7H3,(H,15,19)(H,16,20)(H,18,21)/b17-9-. The van der Waals surface area contributed by atoms with Gasteiger partial charge in [-0.1, -0.05) is 0 Å². The van der Waals surface area contributed by atoms with E-state index in [0.29, 0.717) is 5.71 Å². The highest BCUT2D eigenvalue weighted by molar-refractivity contribution is 6.35. The van der Waals surface area contributed by atoms with Crippen molar-refractivity contribution in [2.24, 2.45) is 5.10 Å². The lowest BCUT2D eigenvalue weighted by Gasteiger charge is -2.20. The lowest BCUT2D eigenvalue weighted by atomic mass is 10.1. The Labute approximate surface area is 125 Å². The van der Waals surface area contributed by atoms with Crippen molar-refractivity contribution >= 4 is 23.4 Å². The molecule has 120 valence electrons. The van der Waals surface area contributed by atoms with Gasteiger partial charge in [0, 0.05) is 16.8 Å². The fourth-order valence-corrected chi connectivity index (χ4v) is 1.33. The fourth-order valence-electron chi connectivity index (χ4n) is 1.33. The zero-order valence-corrected chi connectivity index (χ0v) is 13.9. The van der Waals surface area contributed by atoms with Crippen LogP contribution >= 0.6 is 0 Å². The molecule has 7 nitrogen and oxygen atoms in total. The van der Waals surface area contributed by atoms with Crippen molar-refractivity contribution in [3.63, 3.8) is 0 Å². The van der Waals surface area contributed by atoms with Crippen LogP contribution in [0.3, 0.4) is 0 Å². The minimum Gasteiger partial charge on any atom is -0.351 e. The van der Waals surface area contributed by atoms with Crippen molar-refractivity contribution in [1.82, 2.24) is 16.1 Å². The summed E-state index contributed by atoms with van der Waals surface area (Å²) in [5.41, 5.74) is 1.71. The van der Waals surface area contributed by atoms with Crippen molar-refractivity contribution in [3.8, 4) is 0 Å². The van der Waals surface area contributed by atoms with E-state index in [1.165, 1.54) is 0 Å². The fraction of sp³-hybridized carbons (Fsp3) is 0.714. The maximum Gasteiger partial charge on any atom is 0.329 e. The van der Waals surface area contributed by atoms with Crippen LogP contribution in [0.1, 0.15) is 54.9 Å². The van der Waals surface area contributed by atoms with Gasteiger partial charge in [-0.3, -0.25) is 14.4 Å². The monoisotopic (exact) mass is 298 g/mol. The Morgan fingerprint density at radius 3 is 1.76 bits per heavy atom. The number of nitrogens with zero attached hydrogens (tertiary/aromatic N) is 1. The number of carbonyl (C=O) groups is 3. The third kappa shape index (κ3) is 10.5. The van der Waals surface area contributed by atoms with E-state index in [9.17, 15) is 14.4 Å². The molecule has 3 amide bonds. The first-order chi connectivity index (χ1) is 9.30. The summed E-state index contributed by atoms with van der Waals surface area (Å²) in [6, 6.07) is 0. The van der Waals surface area contributed by atoms with Gasteiger partial charge in [0.15, 0.2) is 0 Å². The molecule has 0 saturated heterocycles. The Morgan fingerprint density at radius 1 is 0.857 bits per heavy atom. The molecule has 0 bridgehead atoms. The minimum atomic E-state index is -0.861. The molecule has 0 spiro atoms. The Morgan fingerprint density at radius 2 is 1.33 bits per heavy atom. The van der Waals surface area contributed by atoms with Gasteiger partial charge >= 0.3 is 11.8 Å². The van der Waals surface area contributed by atoms with Crippen molar-refractivity contribution in [3.05, 3.63) is 0 Å². The van der Waals surface area contributed by atoms with Crippen LogP contribution in [0.4, 0.5) is 0 Å². The molecular formula is C14H26N4O3. The minimum absolute atomic E-state index is 0.0540. The summed E-state index contributed by atoms with van der Waals surface area (Å²) in [5, 5.41) is 9.04. The largest absolute Gasteiger partial charge is 0.351 e. The molecule has 0 aliphatic rings. The Bertz CT molecular complexity index is 442. The van der Waals surface area contributed by atoms with Gasteiger partial charge < -0.3 is 10.6 Å². The molecule has 0 heterocycles. The Hall–Kier alpha value is -1.92. The van der Waals surface area contributed by atoms with E-state index in [1.807, 2.05) is 20.8 Å². The lowest BCUT2D eigenvalue weighted by Crippen LogP contribution is -2.47. The van der Waals surface area contributed by atoms with Crippen molar-refractivity contribution in [2.45, 2.75) is 66.0 Å². The predicted octanol–water partition coefficient (Wildman–Crippen LogP) is 0.698. The number of nitrogens with one attached hydrogen (secondary N) is 3. The summed E-state index contributed by atoms with van der Waals surface area (Å²) in [4.78, 5) is 34.7. The molecule has 0 aliphatic heterocycles. The first-order valence-electron chi connectivity index (χ1n) is 6.77. The van der Waals surface area contributed by atoms with Crippen molar-refractivity contribution < 1.29 is 14.4 Å². The summed E-state index contributed by atoms with van der Waals surface area (Å²) in [6.07, 6.45) is 0.0540. The number of rotatable bonds is 3. The van der Waals surface area contributed by atoms with E-state index in [1.54, 1.807) is 27.7 Å². The molecule has 0 aromatic rings. The van der Waals surface area contributed by atoms with Gasteiger partial charge in [-0.2, -0.15) is 5.10 Å². The van der Waals surface area contributed by atoms with Crippen molar-refractivity contribution in [2.75, 3.05) is 0 Å². The first kappa shape index (κ1) is 19.1. The Balaban J connectivity index is 4.38. The number of hydrogen-bond acceptors (Lipinski definition) is 4. The van der Waals surface area contributed by atoms with Gasteiger partial charge in [0.1, 0.15) is 0 Å². The molecule has 0 saturated carbocycles. The number of hydrogen-bond donors (Lipinski definition) is 3. The number of amides is 3. The molecule has 0 aromatic heterocycles. The molecule has 7 heteroatoms. The summed E-state index contributed by atoms with van der Waals surface area (Å²) in [5.74, 6) is -1.82. The Kier molecular flexibility index (Phi) is 6.53. The second-order valence-electron chi connectivity index (χ2n) is 6.97. The van der Waals surface area contributed by atoms with Crippen LogP contribution in [0.2, 0.25) is 0 Å². The van der Waals surface area contributed by atoms with Gasteiger partial charge in [-0.25, -0.2) is 5.43 Å². The van der Waals surface area contributed by atoms with E-state index >= 15 is 0 Å². The highest BCUT2D eigenvalue weighted by atomic mass is 16.2. The maximum absolute atomic E-state index is 11.7. The average Bonchev–Trinajstić information content (AvgIpc) is 2.20. The average molecular weight is 298 g/mol. The highest BCUT2D eigenvalue weighted by Crippen LogP contribution is 2.00. The maximum atomic E-state index is 11.7. The zero-order valence-electron chi connectivity index (χ0n) is 13.9. The molecule has 3 N–H and O–H groups in total. The van der Waals surface area contributed by atoms with Crippen LogP contribution in [-0.4, -0.2) is 34.5 Å². The van der Waals surface area contributed by atoms with E-state index in [4.69, 9.17) is 0 Å². The van der Waals surface area contributed by atoms with Gasteiger partial charge in [-0.05, 0) is 48.5 Å². The molecule has 0 atom stereocenters. The van der Waals surface area contributed by atoms with Crippen LogP contribution in [0.15, 0.2) is 5.10 Å². The van der Waals surface area contributed by atoms with Gasteiger partial charge in [0.05, 0.1) is 6.42 Å². The molecule has 0 fully saturated rings. The quantitative estimate of drug-likeness (QED) is 0.406. The van der Waals surface area contributed by atoms with Gasteiger partial charge in [0.2, 0.25) is 5.91 Å². The second kappa shape index (κ2) is 7.19. The van der Waals surface area contributed by atoms with Crippen LogP contribution in [0.5, 0.6) is 0 Å². The van der Waals surface area contributed by atoms with Crippen LogP contribution in [0.25, 0.3) is 0 Å². The SMILES string of the molecule is C/C(CC(=O)NC(C)(C)C)=N/NC(=O)C(=O)NC(C)(C)C. The molecule has 21 heavy (non-hydrogen) atoms. The van der Waals surface area contributed by atoms with E-state index < -0.39 is 17.4 Å². The van der Waals surface area contributed by atoms with E-state index in [2.05, 4.69) is 21.2 Å². The molecule has 0 radical (unpaired) electrons. The van der Waals surface area contributed by atoms with E-state index in [-0.39, 0.29) is 17.9 Å². The summed E-state index contributed by atoms with van der Waals surface area (Å²) >= 11 is 0. The van der Waals surface area contributed by atoms with Gasteiger partial charge in [-0.15, -0.1) is 0 Å². The normalized spacial score (nSPS) is 12.6. The van der Waals surface area contributed by atoms with Crippen LogP contribution in [0, 0.1) is 0 Å². The first-order valence-corrected chi connectivity index (χ1v) is 6.77. The second-order valence-corrected chi connectivity index (χ2v) is 6.97. The smallest absolute Gasteiger partial charge is 0.329 e.